The van der Waals surface area contributed by atoms with E-state index in [0.29, 0.717) is 28.8 Å². The van der Waals surface area contributed by atoms with Crippen molar-refractivity contribution in [2.24, 2.45) is 0 Å². The molecule has 0 aliphatic heterocycles. The lowest BCUT2D eigenvalue weighted by Gasteiger charge is -2.13. The first-order chi connectivity index (χ1) is 11.6. The van der Waals surface area contributed by atoms with Crippen LogP contribution >= 0.6 is 27.5 Å². The van der Waals surface area contributed by atoms with Gasteiger partial charge in [-0.15, -0.1) is 5.10 Å². The van der Waals surface area contributed by atoms with Crippen molar-refractivity contribution >= 4 is 33.5 Å². The van der Waals surface area contributed by atoms with Crippen molar-refractivity contribution in [1.82, 2.24) is 20.6 Å². The van der Waals surface area contributed by atoms with E-state index in [-0.39, 0.29) is 12.4 Å². The number of anilines is 1. The maximum Gasteiger partial charge on any atom is 0.263 e. The maximum atomic E-state index is 13.1. The Balaban J connectivity index is 1.72. The summed E-state index contributed by atoms with van der Waals surface area (Å²) in [4.78, 5) is 0. The van der Waals surface area contributed by atoms with Gasteiger partial charge < -0.3 is 10.1 Å². The molecule has 1 aromatic heterocycles. The molecule has 0 atom stereocenters. The van der Waals surface area contributed by atoms with Crippen molar-refractivity contribution < 1.29 is 9.13 Å². The third kappa shape index (κ3) is 4.21. The van der Waals surface area contributed by atoms with Gasteiger partial charge in [-0.3, -0.25) is 0 Å². The number of ether oxygens (including phenoxy) is 1. The number of tetrazole rings is 1. The minimum Gasteiger partial charge on any atom is -0.488 e. The highest BCUT2D eigenvalue weighted by molar-refractivity contribution is 9.10. The van der Waals surface area contributed by atoms with Crippen LogP contribution in [0.4, 0.5) is 10.3 Å². The number of nitrogens with one attached hydrogen (secondary N) is 2. The fourth-order valence-electron chi connectivity index (χ4n) is 2.03. The van der Waals surface area contributed by atoms with Gasteiger partial charge in [0.05, 0.1) is 5.02 Å². The molecule has 0 saturated carbocycles. The van der Waals surface area contributed by atoms with Crippen LogP contribution in [0, 0.1) is 5.82 Å². The van der Waals surface area contributed by atoms with E-state index in [0.717, 1.165) is 10.0 Å². The number of hydrogen-bond acceptors (Lipinski definition) is 5. The zero-order chi connectivity index (χ0) is 16.9. The molecule has 0 amide bonds. The van der Waals surface area contributed by atoms with E-state index in [1.54, 1.807) is 6.07 Å². The fourth-order valence-corrected chi connectivity index (χ4v) is 2.66. The molecule has 0 aliphatic carbocycles. The Kier molecular flexibility index (Phi) is 5.27. The summed E-state index contributed by atoms with van der Waals surface area (Å²) >= 11 is 9.46. The van der Waals surface area contributed by atoms with Crippen LogP contribution in [0.3, 0.4) is 0 Å². The molecule has 3 rings (SSSR count). The van der Waals surface area contributed by atoms with Crippen molar-refractivity contribution in [3.8, 4) is 5.75 Å². The first-order valence-corrected chi connectivity index (χ1v) is 8.11. The molecule has 9 heteroatoms. The number of H-pyrrole nitrogens is 1. The molecule has 0 aliphatic rings. The second kappa shape index (κ2) is 7.59. The van der Waals surface area contributed by atoms with Crippen molar-refractivity contribution in [1.29, 1.82) is 0 Å². The summed E-state index contributed by atoms with van der Waals surface area (Å²) in [6.45, 7) is 0.682. The predicted molar refractivity (Wildman–Crippen MR) is 91.4 cm³/mol. The van der Waals surface area contributed by atoms with Crippen molar-refractivity contribution in [2.75, 3.05) is 5.32 Å². The fraction of sp³-hybridized carbons (Fsp3) is 0.133. The summed E-state index contributed by atoms with van der Waals surface area (Å²) in [5.74, 6) is 0.689. The first-order valence-electron chi connectivity index (χ1n) is 6.94. The molecule has 124 valence electrons. The smallest absolute Gasteiger partial charge is 0.263 e. The number of nitrogens with zero attached hydrogens (tertiary/aromatic N) is 3. The highest BCUT2D eigenvalue weighted by atomic mass is 79.9. The van der Waals surface area contributed by atoms with Crippen LogP contribution < -0.4 is 10.1 Å². The molecule has 0 fully saturated rings. The van der Waals surface area contributed by atoms with Crippen LogP contribution in [-0.4, -0.2) is 20.6 Å². The van der Waals surface area contributed by atoms with Gasteiger partial charge in [0.25, 0.3) is 5.95 Å². The molecule has 0 spiro atoms. The van der Waals surface area contributed by atoms with E-state index >= 15 is 0 Å². The molecular weight excluding hydrogens is 401 g/mol. The van der Waals surface area contributed by atoms with Gasteiger partial charge in [-0.25, -0.2) is 4.39 Å². The topological polar surface area (TPSA) is 75.7 Å². The van der Waals surface area contributed by atoms with Crippen LogP contribution in [0.25, 0.3) is 0 Å². The van der Waals surface area contributed by atoms with Gasteiger partial charge in [-0.2, -0.15) is 5.21 Å². The van der Waals surface area contributed by atoms with Gasteiger partial charge in [-0.1, -0.05) is 38.7 Å². The number of benzene rings is 2. The van der Waals surface area contributed by atoms with Crippen LogP contribution in [0.1, 0.15) is 11.1 Å². The molecule has 0 unspecified atom stereocenters. The minimum atomic E-state index is -0.377. The number of aromatic amines is 1. The summed E-state index contributed by atoms with van der Waals surface area (Å²) in [5, 5.41) is 16.9. The second-order valence-corrected chi connectivity index (χ2v) is 6.19. The molecule has 3 aromatic rings. The maximum absolute atomic E-state index is 13.1. The van der Waals surface area contributed by atoms with E-state index in [1.165, 1.54) is 12.1 Å². The molecule has 0 bridgehead atoms. The van der Waals surface area contributed by atoms with E-state index in [9.17, 15) is 4.39 Å². The Bertz CT molecular complexity index is 831. The number of rotatable bonds is 6. The molecule has 2 aromatic carbocycles. The Morgan fingerprint density at radius 3 is 2.83 bits per heavy atom. The summed E-state index contributed by atoms with van der Waals surface area (Å²) in [6, 6.07) is 9.86. The van der Waals surface area contributed by atoms with Crippen LogP contribution in [0.15, 0.2) is 40.9 Å². The summed E-state index contributed by atoms with van der Waals surface area (Å²) in [6.07, 6.45) is 0. The average Bonchev–Trinajstić information content (AvgIpc) is 3.07. The SMILES string of the molecule is Fc1ccc(COc2ccc(Br)cc2CNc2nn[nH]n2)c(Cl)c1. The van der Waals surface area contributed by atoms with E-state index < -0.39 is 0 Å². The molecule has 6 nitrogen and oxygen atoms in total. The third-order valence-electron chi connectivity index (χ3n) is 3.20. The van der Waals surface area contributed by atoms with E-state index in [1.807, 2.05) is 18.2 Å². The molecule has 1 heterocycles. The Morgan fingerprint density at radius 2 is 2.08 bits per heavy atom. The van der Waals surface area contributed by atoms with Crippen molar-refractivity contribution in [2.45, 2.75) is 13.2 Å². The van der Waals surface area contributed by atoms with Gasteiger partial charge >= 0.3 is 0 Å². The normalized spacial score (nSPS) is 10.6. The third-order valence-corrected chi connectivity index (χ3v) is 4.05. The number of hydrogen-bond donors (Lipinski definition) is 2. The van der Waals surface area contributed by atoms with Crippen molar-refractivity contribution in [3.63, 3.8) is 0 Å². The van der Waals surface area contributed by atoms with E-state index in [2.05, 4.69) is 41.9 Å². The van der Waals surface area contributed by atoms with Gasteiger partial charge in [0.15, 0.2) is 0 Å². The van der Waals surface area contributed by atoms with Crippen LogP contribution in [-0.2, 0) is 13.2 Å². The van der Waals surface area contributed by atoms with Gasteiger partial charge in [-0.05, 0) is 35.5 Å². The largest absolute Gasteiger partial charge is 0.488 e. The molecule has 0 radical (unpaired) electrons. The zero-order valence-electron chi connectivity index (χ0n) is 12.3. The zero-order valence-corrected chi connectivity index (χ0v) is 14.6. The van der Waals surface area contributed by atoms with Gasteiger partial charge in [0, 0.05) is 22.1 Å². The summed E-state index contributed by atoms with van der Waals surface area (Å²) in [5.41, 5.74) is 1.60. The molecule has 0 saturated heterocycles. The first kappa shape index (κ1) is 16.7. The summed E-state index contributed by atoms with van der Waals surface area (Å²) < 4.78 is 19.8. The van der Waals surface area contributed by atoms with Gasteiger partial charge in [0.2, 0.25) is 0 Å². The highest BCUT2D eigenvalue weighted by Gasteiger charge is 2.08. The number of halogens is 3. The number of aromatic nitrogens is 4. The average molecular weight is 413 g/mol. The van der Waals surface area contributed by atoms with Crippen LogP contribution in [0.2, 0.25) is 5.02 Å². The lowest BCUT2D eigenvalue weighted by Crippen LogP contribution is -2.05. The quantitative estimate of drug-likeness (QED) is 0.641. The Morgan fingerprint density at radius 1 is 1.21 bits per heavy atom. The lowest BCUT2D eigenvalue weighted by molar-refractivity contribution is 0.303. The second-order valence-electron chi connectivity index (χ2n) is 4.87. The predicted octanol–water partition coefficient (Wildman–Crippen LogP) is 3.95. The molecule has 24 heavy (non-hydrogen) atoms. The Hall–Kier alpha value is -2.19. The lowest BCUT2D eigenvalue weighted by atomic mass is 10.2. The van der Waals surface area contributed by atoms with Gasteiger partial charge in [0.1, 0.15) is 18.2 Å². The minimum absolute atomic E-state index is 0.232. The molecular formula is C15H12BrClFN5O. The van der Waals surface area contributed by atoms with E-state index in [4.69, 9.17) is 16.3 Å². The van der Waals surface area contributed by atoms with Crippen LogP contribution in [0.5, 0.6) is 5.75 Å². The monoisotopic (exact) mass is 411 g/mol. The highest BCUT2D eigenvalue weighted by Crippen LogP contribution is 2.26. The standard InChI is InChI=1S/C15H12BrClFN5O/c16-11-2-4-14(10(5-11)7-19-15-20-22-23-21-15)24-8-9-1-3-12(18)6-13(9)17/h1-6H,7-8H2,(H2,19,20,21,22,23). The summed E-state index contributed by atoms with van der Waals surface area (Å²) in [7, 11) is 0. The van der Waals surface area contributed by atoms with Crippen molar-refractivity contribution in [3.05, 3.63) is 62.8 Å². The molecule has 2 N–H and O–H groups in total. The Labute approximate surface area is 150 Å².